The zero-order valence-electron chi connectivity index (χ0n) is 12.4. The van der Waals surface area contributed by atoms with E-state index < -0.39 is 0 Å². The van der Waals surface area contributed by atoms with Crippen LogP contribution >= 0.6 is 0 Å². The molecular formula is C17H19N3O2. The Bertz CT molecular complexity index is 701. The van der Waals surface area contributed by atoms with E-state index >= 15 is 0 Å². The maximum absolute atomic E-state index is 12.7. The summed E-state index contributed by atoms with van der Waals surface area (Å²) < 4.78 is 2.06. The van der Waals surface area contributed by atoms with Crippen LogP contribution < -0.4 is 0 Å². The number of ketones is 1. The fraction of sp³-hybridized carbons (Fsp3) is 0.471. The molecule has 5 heteroatoms. The van der Waals surface area contributed by atoms with Gasteiger partial charge >= 0.3 is 0 Å². The van der Waals surface area contributed by atoms with E-state index in [-0.39, 0.29) is 23.8 Å². The van der Waals surface area contributed by atoms with Gasteiger partial charge in [-0.3, -0.25) is 9.78 Å². The molecule has 2 aliphatic rings. The van der Waals surface area contributed by atoms with Crippen LogP contribution in [0.3, 0.4) is 0 Å². The largest absolute Gasteiger partial charge is 0.393 e. The average molecular weight is 297 g/mol. The molecule has 1 unspecified atom stereocenters. The molecule has 3 heterocycles. The highest BCUT2D eigenvalue weighted by atomic mass is 16.3. The third kappa shape index (κ3) is 2.16. The molecule has 0 aromatic carbocycles. The van der Waals surface area contributed by atoms with E-state index in [1.54, 1.807) is 12.5 Å². The number of fused-ring (bicyclic) bond motifs is 3. The molecule has 114 valence electrons. The van der Waals surface area contributed by atoms with Gasteiger partial charge in [-0.2, -0.15) is 0 Å². The van der Waals surface area contributed by atoms with Crippen molar-refractivity contribution in [1.29, 1.82) is 0 Å². The monoisotopic (exact) mass is 297 g/mol. The predicted molar refractivity (Wildman–Crippen MR) is 81.2 cm³/mol. The second-order valence-electron chi connectivity index (χ2n) is 6.31. The van der Waals surface area contributed by atoms with Crippen LogP contribution in [0.1, 0.15) is 43.8 Å². The predicted octanol–water partition coefficient (Wildman–Crippen LogP) is 2.36. The topological polar surface area (TPSA) is 68.0 Å². The molecule has 1 fully saturated rings. The molecule has 2 aromatic rings. The number of pyridine rings is 1. The summed E-state index contributed by atoms with van der Waals surface area (Å²) in [7, 11) is 0. The van der Waals surface area contributed by atoms with Crippen LogP contribution in [0.25, 0.3) is 11.3 Å². The van der Waals surface area contributed by atoms with E-state index in [0.717, 1.165) is 42.6 Å². The molecule has 1 saturated carbocycles. The van der Waals surface area contributed by atoms with Crippen molar-refractivity contribution in [2.45, 2.75) is 44.2 Å². The Morgan fingerprint density at radius 1 is 1.32 bits per heavy atom. The van der Waals surface area contributed by atoms with Gasteiger partial charge in [-0.1, -0.05) is 0 Å². The molecule has 1 N–H and O–H groups in total. The smallest absolute Gasteiger partial charge is 0.138 e. The van der Waals surface area contributed by atoms with Crippen LogP contribution in [0.2, 0.25) is 0 Å². The summed E-state index contributed by atoms with van der Waals surface area (Å²) in [5.41, 5.74) is 3.10. The van der Waals surface area contributed by atoms with E-state index in [1.165, 1.54) is 0 Å². The average Bonchev–Trinajstić information content (AvgIpc) is 3.11. The summed E-state index contributed by atoms with van der Waals surface area (Å²) in [5.74, 6) is 0.373. The third-order valence-corrected chi connectivity index (χ3v) is 4.98. The summed E-state index contributed by atoms with van der Waals surface area (Å²) in [6, 6.07) is 3.92. The molecule has 2 aromatic heterocycles. The van der Waals surface area contributed by atoms with Crippen molar-refractivity contribution in [2.24, 2.45) is 5.92 Å². The highest BCUT2D eigenvalue weighted by molar-refractivity contribution is 5.83. The van der Waals surface area contributed by atoms with Gasteiger partial charge in [0, 0.05) is 24.1 Å². The van der Waals surface area contributed by atoms with Gasteiger partial charge in [0.05, 0.1) is 36.1 Å². The van der Waals surface area contributed by atoms with Crippen LogP contribution in [-0.4, -0.2) is 31.5 Å². The van der Waals surface area contributed by atoms with Crippen molar-refractivity contribution in [3.8, 4) is 11.3 Å². The van der Waals surface area contributed by atoms with E-state index in [9.17, 15) is 9.90 Å². The van der Waals surface area contributed by atoms with Gasteiger partial charge in [0.2, 0.25) is 0 Å². The Labute approximate surface area is 129 Å². The Morgan fingerprint density at radius 3 is 2.95 bits per heavy atom. The lowest BCUT2D eigenvalue weighted by molar-refractivity contribution is -0.124. The molecule has 1 atom stereocenters. The number of imidazole rings is 1. The second-order valence-corrected chi connectivity index (χ2v) is 6.31. The Morgan fingerprint density at radius 2 is 2.14 bits per heavy atom. The lowest BCUT2D eigenvalue weighted by Crippen LogP contribution is -2.26. The summed E-state index contributed by atoms with van der Waals surface area (Å²) in [6.07, 6.45) is 8.75. The molecule has 0 spiro atoms. The zero-order chi connectivity index (χ0) is 15.1. The molecule has 1 aliphatic carbocycles. The van der Waals surface area contributed by atoms with Crippen molar-refractivity contribution in [3.63, 3.8) is 0 Å². The van der Waals surface area contributed by atoms with Gasteiger partial charge in [-0.05, 0) is 37.8 Å². The molecule has 1 aliphatic heterocycles. The first-order valence-corrected chi connectivity index (χ1v) is 7.92. The number of aliphatic hydroxyl groups is 1. The highest BCUT2D eigenvalue weighted by Crippen LogP contribution is 2.40. The first-order chi connectivity index (χ1) is 10.7. The van der Waals surface area contributed by atoms with Crippen LogP contribution in [0.5, 0.6) is 0 Å². The van der Waals surface area contributed by atoms with Gasteiger partial charge in [-0.25, -0.2) is 4.98 Å². The van der Waals surface area contributed by atoms with Gasteiger partial charge in [0.15, 0.2) is 0 Å². The lowest BCUT2D eigenvalue weighted by Gasteiger charge is -2.25. The number of carbonyl (C=O) groups excluding carboxylic acids is 1. The van der Waals surface area contributed by atoms with Crippen molar-refractivity contribution in [2.75, 3.05) is 0 Å². The first kappa shape index (κ1) is 13.6. The third-order valence-electron chi connectivity index (χ3n) is 4.98. The quantitative estimate of drug-likeness (QED) is 0.944. The number of carbonyl (C=O) groups is 1. The number of nitrogens with zero attached hydrogens (tertiary/aromatic N) is 3. The summed E-state index contributed by atoms with van der Waals surface area (Å²) in [6.45, 7) is 0. The van der Waals surface area contributed by atoms with Crippen molar-refractivity contribution in [1.82, 2.24) is 14.5 Å². The molecule has 0 radical (unpaired) electrons. The number of hydrogen-bond acceptors (Lipinski definition) is 4. The lowest BCUT2D eigenvalue weighted by atomic mass is 9.82. The SMILES string of the molecule is O=C(CC1c2ncccc2-c2cncn21)C1CCC(O)CC1. The van der Waals surface area contributed by atoms with Crippen LogP contribution in [-0.2, 0) is 4.79 Å². The minimum atomic E-state index is -0.224. The van der Waals surface area contributed by atoms with Crippen LogP contribution in [0.4, 0.5) is 0 Å². The highest BCUT2D eigenvalue weighted by Gasteiger charge is 2.34. The van der Waals surface area contributed by atoms with E-state index in [2.05, 4.69) is 14.5 Å². The van der Waals surface area contributed by atoms with Crippen LogP contribution in [0, 0.1) is 5.92 Å². The van der Waals surface area contributed by atoms with Gasteiger partial charge < -0.3 is 9.67 Å². The number of aliphatic hydroxyl groups excluding tert-OH is 1. The standard InChI is InChI=1S/C17H19N3O2/c21-12-5-3-11(4-6-12)16(22)8-14-17-13(2-1-7-19-17)15-9-18-10-20(14)15/h1-2,7,9-12,14,21H,3-6,8H2. The molecule has 0 amide bonds. The van der Waals surface area contributed by atoms with E-state index in [4.69, 9.17) is 0 Å². The first-order valence-electron chi connectivity index (χ1n) is 7.92. The second kappa shape index (κ2) is 5.32. The molecular weight excluding hydrogens is 278 g/mol. The summed E-state index contributed by atoms with van der Waals surface area (Å²) in [5, 5.41) is 9.59. The van der Waals surface area contributed by atoms with Gasteiger partial charge in [0.25, 0.3) is 0 Å². The zero-order valence-corrected chi connectivity index (χ0v) is 12.4. The van der Waals surface area contributed by atoms with E-state index in [0.29, 0.717) is 6.42 Å². The Balaban J connectivity index is 1.57. The minimum Gasteiger partial charge on any atom is -0.393 e. The maximum Gasteiger partial charge on any atom is 0.138 e. The normalized spacial score (nSPS) is 26.5. The molecule has 0 bridgehead atoms. The number of hydrogen-bond donors (Lipinski definition) is 1. The minimum absolute atomic E-state index is 0.0342. The van der Waals surface area contributed by atoms with Crippen molar-refractivity contribution >= 4 is 5.78 Å². The Kier molecular flexibility index (Phi) is 3.30. The number of Topliss-reactive ketones (excluding diaryl/α,β-unsaturated/α-hetero) is 1. The molecule has 22 heavy (non-hydrogen) atoms. The van der Waals surface area contributed by atoms with Crippen molar-refractivity contribution in [3.05, 3.63) is 36.5 Å². The fourth-order valence-corrected chi connectivity index (χ4v) is 3.74. The molecule has 0 saturated heterocycles. The molecule has 5 nitrogen and oxygen atoms in total. The molecule has 4 rings (SSSR count). The van der Waals surface area contributed by atoms with Crippen LogP contribution in [0.15, 0.2) is 30.9 Å². The Hall–Kier alpha value is -2.01. The summed E-state index contributed by atoms with van der Waals surface area (Å²) in [4.78, 5) is 21.4. The van der Waals surface area contributed by atoms with E-state index in [1.807, 2.05) is 18.3 Å². The number of rotatable bonds is 3. The number of aromatic nitrogens is 3. The fourth-order valence-electron chi connectivity index (χ4n) is 3.74. The van der Waals surface area contributed by atoms with Crippen molar-refractivity contribution < 1.29 is 9.90 Å². The van der Waals surface area contributed by atoms with Gasteiger partial charge in [0.1, 0.15) is 5.78 Å². The summed E-state index contributed by atoms with van der Waals surface area (Å²) >= 11 is 0. The maximum atomic E-state index is 12.7. The van der Waals surface area contributed by atoms with Gasteiger partial charge in [-0.15, -0.1) is 0 Å².